The number of Topliss-reactive ketones (excluding diaryl/α,β-unsaturated/α-hetero) is 1. The number of rotatable bonds is 6. The van der Waals surface area contributed by atoms with Crippen LogP contribution in [0.25, 0.3) is 0 Å². The third-order valence-electron chi connectivity index (χ3n) is 6.99. The van der Waals surface area contributed by atoms with Crippen molar-refractivity contribution in [3.63, 3.8) is 0 Å². The number of para-hydroxylation sites is 1. The quantitative estimate of drug-likeness (QED) is 0.641. The van der Waals surface area contributed by atoms with Crippen LogP contribution in [-0.4, -0.2) is 60.9 Å². The molecular formula is C26H30N4O4. The van der Waals surface area contributed by atoms with E-state index in [0.717, 1.165) is 31.7 Å². The number of benzene rings is 2. The van der Waals surface area contributed by atoms with Crippen molar-refractivity contribution >= 4 is 29.0 Å². The Morgan fingerprint density at radius 1 is 1.09 bits per heavy atom. The van der Waals surface area contributed by atoms with Crippen LogP contribution in [0.1, 0.15) is 30.1 Å². The van der Waals surface area contributed by atoms with Gasteiger partial charge in [-0.1, -0.05) is 18.2 Å². The number of likely N-dealkylation sites (tertiary alicyclic amines) is 1. The lowest BCUT2D eigenvalue weighted by atomic mass is 9.83. The monoisotopic (exact) mass is 462 g/mol. The average molecular weight is 463 g/mol. The topological polar surface area (TPSA) is 91.0 Å². The number of carbonyl (C=O) groups excluding carboxylic acids is 3. The number of anilines is 2. The number of hydrogen-bond donors (Lipinski definition) is 2. The van der Waals surface area contributed by atoms with Crippen molar-refractivity contribution in [1.82, 2.24) is 10.3 Å². The molecule has 2 amide bonds. The predicted molar refractivity (Wildman–Crippen MR) is 128 cm³/mol. The largest absolute Gasteiger partial charge is 0.377 e. The number of hydrazine groups is 1. The fourth-order valence-electron chi connectivity index (χ4n) is 5.20. The van der Waals surface area contributed by atoms with Gasteiger partial charge in [0.2, 0.25) is 11.8 Å². The van der Waals surface area contributed by atoms with Crippen LogP contribution in [-0.2, 0) is 14.3 Å². The van der Waals surface area contributed by atoms with Crippen LogP contribution >= 0.6 is 0 Å². The summed E-state index contributed by atoms with van der Waals surface area (Å²) in [6, 6.07) is 16.1. The Hall–Kier alpha value is -3.07. The molecule has 3 saturated heterocycles. The van der Waals surface area contributed by atoms with Gasteiger partial charge in [-0.3, -0.25) is 19.3 Å². The molecule has 0 aromatic heterocycles. The molecule has 8 nitrogen and oxygen atoms in total. The maximum absolute atomic E-state index is 13.5. The summed E-state index contributed by atoms with van der Waals surface area (Å²) in [4.78, 5) is 40.6. The summed E-state index contributed by atoms with van der Waals surface area (Å²) in [6.45, 7) is 4.14. The standard InChI is InChI=1S/C26H30N4O4/c1-17(31)18-9-11-19(12-10-18)27-25(32)22-15-29(14-21-8-5-13-34-21)16-23-24(22)28-30(26(23)33)20-6-3-2-4-7-20/h2-4,6-7,9-12,21-24,28H,5,8,13-16H2,1H3,(H,27,32). The van der Waals surface area contributed by atoms with Crippen molar-refractivity contribution in [3.05, 3.63) is 60.2 Å². The second-order valence-corrected chi connectivity index (χ2v) is 9.35. The van der Waals surface area contributed by atoms with Crippen LogP contribution in [0.15, 0.2) is 54.6 Å². The van der Waals surface area contributed by atoms with Gasteiger partial charge in [-0.25, -0.2) is 10.4 Å². The van der Waals surface area contributed by atoms with Crippen molar-refractivity contribution < 1.29 is 19.1 Å². The van der Waals surface area contributed by atoms with E-state index in [-0.39, 0.29) is 35.7 Å². The molecule has 3 aliphatic heterocycles. The zero-order valence-corrected chi connectivity index (χ0v) is 19.3. The maximum Gasteiger partial charge on any atom is 0.247 e. The van der Waals surface area contributed by atoms with Gasteiger partial charge in [0, 0.05) is 37.5 Å². The highest BCUT2D eigenvalue weighted by atomic mass is 16.5. The van der Waals surface area contributed by atoms with E-state index in [1.54, 1.807) is 29.3 Å². The van der Waals surface area contributed by atoms with Crippen molar-refractivity contribution in [1.29, 1.82) is 0 Å². The maximum atomic E-state index is 13.5. The lowest BCUT2D eigenvalue weighted by Crippen LogP contribution is -2.57. The van der Waals surface area contributed by atoms with Crippen LogP contribution in [0.2, 0.25) is 0 Å². The smallest absolute Gasteiger partial charge is 0.247 e. The first-order chi connectivity index (χ1) is 16.5. The number of fused-ring (bicyclic) bond motifs is 1. The second-order valence-electron chi connectivity index (χ2n) is 9.35. The minimum Gasteiger partial charge on any atom is -0.377 e. The Kier molecular flexibility index (Phi) is 6.45. The highest BCUT2D eigenvalue weighted by molar-refractivity contribution is 6.00. The van der Waals surface area contributed by atoms with Gasteiger partial charge in [0.05, 0.1) is 29.7 Å². The highest BCUT2D eigenvalue weighted by Crippen LogP contribution is 2.33. The van der Waals surface area contributed by atoms with E-state index < -0.39 is 5.92 Å². The minimum absolute atomic E-state index is 0.0168. The molecule has 0 aliphatic carbocycles. The summed E-state index contributed by atoms with van der Waals surface area (Å²) in [6.07, 6.45) is 2.20. The minimum atomic E-state index is -0.426. The molecule has 3 aliphatic rings. The van der Waals surface area contributed by atoms with E-state index in [2.05, 4.69) is 15.6 Å². The Balaban J connectivity index is 1.37. The molecular weight excluding hydrogens is 432 g/mol. The van der Waals surface area contributed by atoms with E-state index in [1.807, 2.05) is 30.3 Å². The molecule has 2 aromatic rings. The molecule has 34 heavy (non-hydrogen) atoms. The molecule has 2 aromatic carbocycles. The third kappa shape index (κ3) is 4.61. The molecule has 3 heterocycles. The summed E-state index contributed by atoms with van der Waals surface area (Å²) in [7, 11) is 0. The van der Waals surface area contributed by atoms with Crippen molar-refractivity contribution in [2.75, 3.05) is 36.6 Å². The van der Waals surface area contributed by atoms with E-state index >= 15 is 0 Å². The number of carbonyl (C=O) groups is 3. The van der Waals surface area contributed by atoms with Crippen molar-refractivity contribution in [2.24, 2.45) is 11.8 Å². The lowest BCUT2D eigenvalue weighted by Gasteiger charge is -2.39. The van der Waals surface area contributed by atoms with Gasteiger partial charge in [0.1, 0.15) is 0 Å². The van der Waals surface area contributed by atoms with Gasteiger partial charge in [0.15, 0.2) is 5.78 Å². The number of nitrogens with one attached hydrogen (secondary N) is 2. The molecule has 2 N–H and O–H groups in total. The number of piperidine rings is 1. The Morgan fingerprint density at radius 3 is 2.53 bits per heavy atom. The van der Waals surface area contributed by atoms with E-state index in [9.17, 15) is 14.4 Å². The van der Waals surface area contributed by atoms with Crippen molar-refractivity contribution in [3.8, 4) is 0 Å². The van der Waals surface area contributed by atoms with Gasteiger partial charge in [0.25, 0.3) is 0 Å². The molecule has 0 radical (unpaired) electrons. The lowest BCUT2D eigenvalue weighted by molar-refractivity contribution is -0.126. The summed E-state index contributed by atoms with van der Waals surface area (Å²) < 4.78 is 5.83. The Bertz CT molecular complexity index is 1050. The number of ether oxygens (including phenoxy) is 1. The van der Waals surface area contributed by atoms with Gasteiger partial charge < -0.3 is 10.1 Å². The fraction of sp³-hybridized carbons (Fsp3) is 0.423. The molecule has 4 atom stereocenters. The van der Waals surface area contributed by atoms with E-state index in [1.165, 1.54) is 6.92 Å². The van der Waals surface area contributed by atoms with E-state index in [4.69, 9.17) is 4.74 Å². The zero-order chi connectivity index (χ0) is 23.7. The molecule has 178 valence electrons. The third-order valence-corrected chi connectivity index (χ3v) is 6.99. The summed E-state index contributed by atoms with van der Waals surface area (Å²) in [5, 5.41) is 4.59. The van der Waals surface area contributed by atoms with Crippen LogP contribution in [0.5, 0.6) is 0 Å². The molecule has 0 spiro atoms. The molecule has 3 fully saturated rings. The molecule has 0 bridgehead atoms. The summed E-state index contributed by atoms with van der Waals surface area (Å²) in [5.74, 6) is -0.932. The number of ketones is 1. The van der Waals surface area contributed by atoms with Crippen molar-refractivity contribution in [2.45, 2.75) is 31.9 Å². The summed E-state index contributed by atoms with van der Waals surface area (Å²) >= 11 is 0. The molecule has 5 rings (SSSR count). The second kappa shape index (κ2) is 9.66. The number of hydrogen-bond acceptors (Lipinski definition) is 6. The number of nitrogens with zero attached hydrogens (tertiary/aromatic N) is 2. The van der Waals surface area contributed by atoms with Crippen LogP contribution in [0.3, 0.4) is 0 Å². The SMILES string of the molecule is CC(=O)c1ccc(NC(=O)C2CN(CC3CCCO3)CC3C(=O)N(c4ccccc4)NC23)cc1. The fourth-order valence-corrected chi connectivity index (χ4v) is 5.20. The van der Waals surface area contributed by atoms with Gasteiger partial charge in [-0.15, -0.1) is 0 Å². The Labute approximate surface area is 199 Å². The van der Waals surface area contributed by atoms with Gasteiger partial charge >= 0.3 is 0 Å². The van der Waals surface area contributed by atoms with Gasteiger partial charge in [-0.2, -0.15) is 0 Å². The first-order valence-corrected chi connectivity index (χ1v) is 11.9. The van der Waals surface area contributed by atoms with Crippen LogP contribution < -0.4 is 15.8 Å². The molecule has 8 heteroatoms. The first-order valence-electron chi connectivity index (χ1n) is 11.9. The van der Waals surface area contributed by atoms with Gasteiger partial charge in [-0.05, 0) is 56.2 Å². The van der Waals surface area contributed by atoms with Crippen LogP contribution in [0, 0.1) is 11.8 Å². The Morgan fingerprint density at radius 2 is 1.85 bits per heavy atom. The molecule has 4 unspecified atom stereocenters. The normalized spacial score (nSPS) is 27.0. The predicted octanol–water partition coefficient (Wildman–Crippen LogP) is 2.47. The highest BCUT2D eigenvalue weighted by Gasteiger charge is 2.51. The summed E-state index contributed by atoms with van der Waals surface area (Å²) in [5.41, 5.74) is 5.33. The number of amides is 2. The molecule has 0 saturated carbocycles. The zero-order valence-electron chi connectivity index (χ0n) is 19.3. The average Bonchev–Trinajstić information content (AvgIpc) is 3.47. The first kappa shape index (κ1) is 22.7. The van der Waals surface area contributed by atoms with Crippen LogP contribution in [0.4, 0.5) is 11.4 Å². The van der Waals surface area contributed by atoms with E-state index in [0.29, 0.717) is 24.3 Å².